The van der Waals surface area contributed by atoms with Gasteiger partial charge in [0.2, 0.25) is 0 Å². The zero-order valence-corrected chi connectivity index (χ0v) is 7.46. The largest absolute Gasteiger partial charge is 0.126 e. The lowest BCUT2D eigenvalue weighted by Gasteiger charge is -1.94. The molecule has 0 aromatic rings. The second-order valence-corrected chi connectivity index (χ2v) is 4.28. The Balaban J connectivity index is 2.45. The highest BCUT2D eigenvalue weighted by molar-refractivity contribution is 9.09. The van der Waals surface area contributed by atoms with Crippen LogP contribution in [-0.4, -0.2) is 10.7 Å². The minimum Gasteiger partial charge on any atom is -0.126 e. The van der Waals surface area contributed by atoms with Crippen molar-refractivity contribution in [3.8, 4) is 0 Å². The molecule has 2 atom stereocenters. The van der Waals surface area contributed by atoms with Gasteiger partial charge in [-0.15, -0.1) is 11.6 Å². The van der Waals surface area contributed by atoms with Gasteiger partial charge < -0.3 is 0 Å². The lowest BCUT2D eigenvalue weighted by atomic mass is 10.1. The first kappa shape index (κ1) is 6.88. The summed E-state index contributed by atoms with van der Waals surface area (Å²) in [6.45, 7) is 4.47. The van der Waals surface area contributed by atoms with Crippen LogP contribution in [0.2, 0.25) is 0 Å². The molecule has 0 radical (unpaired) electrons. The quantitative estimate of drug-likeness (QED) is 0.567. The first-order chi connectivity index (χ1) is 3.60. The number of hydrogen-bond acceptors (Lipinski definition) is 0. The lowest BCUT2D eigenvalue weighted by Crippen LogP contribution is -1.89. The van der Waals surface area contributed by atoms with Gasteiger partial charge >= 0.3 is 0 Å². The molecular weight excluding hydrogens is 187 g/mol. The van der Waals surface area contributed by atoms with E-state index in [0.717, 1.165) is 5.88 Å². The van der Waals surface area contributed by atoms with Crippen LogP contribution in [0.15, 0.2) is 0 Å². The Kier molecular flexibility index (Phi) is 1.62. The van der Waals surface area contributed by atoms with Crippen LogP contribution in [0.5, 0.6) is 0 Å². The lowest BCUT2D eigenvalue weighted by molar-refractivity contribution is 0.591. The second kappa shape index (κ2) is 1.88. The van der Waals surface area contributed by atoms with E-state index >= 15 is 0 Å². The molecule has 0 saturated heterocycles. The predicted octanol–water partition coefficient (Wildman–Crippen LogP) is 2.64. The van der Waals surface area contributed by atoms with Gasteiger partial charge in [-0.05, 0) is 11.3 Å². The maximum Gasteiger partial charge on any atom is 0.0268 e. The van der Waals surface area contributed by atoms with Gasteiger partial charge in [-0.3, -0.25) is 0 Å². The number of rotatable bonds is 1. The van der Waals surface area contributed by atoms with E-state index in [2.05, 4.69) is 29.8 Å². The van der Waals surface area contributed by atoms with E-state index in [9.17, 15) is 0 Å². The molecule has 1 saturated carbocycles. The van der Waals surface area contributed by atoms with Gasteiger partial charge in [-0.1, -0.05) is 29.8 Å². The maximum absolute atomic E-state index is 5.65. The number of hydrogen-bond donors (Lipinski definition) is 0. The topological polar surface area (TPSA) is 0 Å². The highest BCUT2D eigenvalue weighted by Gasteiger charge is 2.55. The molecule has 1 aliphatic carbocycles. The van der Waals surface area contributed by atoms with Crippen LogP contribution >= 0.6 is 27.5 Å². The molecule has 0 heterocycles. The highest BCUT2D eigenvalue weighted by atomic mass is 79.9. The zero-order valence-electron chi connectivity index (χ0n) is 5.12. The monoisotopic (exact) mass is 196 g/mol. The molecule has 0 nitrogen and oxygen atoms in total. The standard InChI is InChI=1S/C6H10BrCl/c1-6(2)4(3-8)5(6)7/h4-5H,3H2,1-2H3. The fraction of sp³-hybridized carbons (Fsp3) is 1.00. The minimum atomic E-state index is 0.460. The highest BCUT2D eigenvalue weighted by Crippen LogP contribution is 2.57. The molecule has 2 heteroatoms. The van der Waals surface area contributed by atoms with Gasteiger partial charge in [0.05, 0.1) is 0 Å². The van der Waals surface area contributed by atoms with E-state index in [1.807, 2.05) is 0 Å². The van der Waals surface area contributed by atoms with E-state index in [-0.39, 0.29) is 0 Å². The van der Waals surface area contributed by atoms with Crippen LogP contribution in [0.1, 0.15) is 13.8 Å². The van der Waals surface area contributed by atoms with Crippen molar-refractivity contribution in [2.45, 2.75) is 18.7 Å². The predicted molar refractivity (Wildman–Crippen MR) is 40.7 cm³/mol. The molecule has 0 bridgehead atoms. The molecular formula is C6H10BrCl. The molecule has 0 aliphatic heterocycles. The summed E-state index contributed by atoms with van der Waals surface area (Å²) in [4.78, 5) is 0.660. The third-order valence-electron chi connectivity index (χ3n) is 2.08. The Morgan fingerprint density at radius 2 is 2.00 bits per heavy atom. The van der Waals surface area contributed by atoms with Crippen LogP contribution in [0.4, 0.5) is 0 Å². The van der Waals surface area contributed by atoms with Gasteiger partial charge in [0.1, 0.15) is 0 Å². The van der Waals surface area contributed by atoms with Crippen molar-refractivity contribution in [3.05, 3.63) is 0 Å². The van der Waals surface area contributed by atoms with Crippen molar-refractivity contribution in [1.82, 2.24) is 0 Å². The molecule has 0 aromatic carbocycles. The summed E-state index contributed by atoms with van der Waals surface area (Å²) in [6, 6.07) is 0. The third-order valence-corrected chi connectivity index (χ3v) is 4.23. The van der Waals surface area contributed by atoms with Gasteiger partial charge in [-0.25, -0.2) is 0 Å². The summed E-state index contributed by atoms with van der Waals surface area (Å²) in [7, 11) is 0. The van der Waals surface area contributed by atoms with E-state index in [1.54, 1.807) is 0 Å². The Hall–Kier alpha value is 0.770. The molecule has 1 rings (SSSR count). The van der Waals surface area contributed by atoms with Gasteiger partial charge in [0.15, 0.2) is 0 Å². The Labute approximate surface area is 63.7 Å². The zero-order chi connectivity index (χ0) is 6.36. The number of halogens is 2. The summed E-state index contributed by atoms with van der Waals surface area (Å²) in [5.41, 5.74) is 0.460. The summed E-state index contributed by atoms with van der Waals surface area (Å²) < 4.78 is 0. The molecule has 2 unspecified atom stereocenters. The smallest absolute Gasteiger partial charge is 0.0268 e. The van der Waals surface area contributed by atoms with Crippen molar-refractivity contribution in [2.75, 3.05) is 5.88 Å². The van der Waals surface area contributed by atoms with Crippen molar-refractivity contribution in [2.24, 2.45) is 11.3 Å². The molecule has 0 spiro atoms. The summed E-state index contributed by atoms with van der Waals surface area (Å²) in [6.07, 6.45) is 0. The van der Waals surface area contributed by atoms with Crippen LogP contribution in [0.3, 0.4) is 0 Å². The van der Waals surface area contributed by atoms with Crippen LogP contribution in [-0.2, 0) is 0 Å². The molecule has 48 valence electrons. The van der Waals surface area contributed by atoms with Gasteiger partial charge in [-0.2, -0.15) is 0 Å². The Bertz CT molecular complexity index is 101. The molecule has 8 heavy (non-hydrogen) atoms. The molecule has 1 aliphatic rings. The summed E-state index contributed by atoms with van der Waals surface area (Å²) in [5, 5.41) is 0. The fourth-order valence-electron chi connectivity index (χ4n) is 0.954. The van der Waals surface area contributed by atoms with Gasteiger partial charge in [0, 0.05) is 10.7 Å². The van der Waals surface area contributed by atoms with Crippen molar-refractivity contribution in [3.63, 3.8) is 0 Å². The molecule has 0 aromatic heterocycles. The van der Waals surface area contributed by atoms with Crippen LogP contribution in [0.25, 0.3) is 0 Å². The van der Waals surface area contributed by atoms with Crippen molar-refractivity contribution >= 4 is 27.5 Å². The van der Waals surface area contributed by atoms with E-state index < -0.39 is 0 Å². The second-order valence-electron chi connectivity index (χ2n) is 2.98. The van der Waals surface area contributed by atoms with E-state index in [1.165, 1.54) is 0 Å². The van der Waals surface area contributed by atoms with Crippen molar-refractivity contribution < 1.29 is 0 Å². The normalized spacial score (nSPS) is 42.0. The average molecular weight is 198 g/mol. The van der Waals surface area contributed by atoms with Crippen molar-refractivity contribution in [1.29, 1.82) is 0 Å². The van der Waals surface area contributed by atoms with E-state index in [0.29, 0.717) is 16.2 Å². The molecule has 0 amide bonds. The number of alkyl halides is 2. The molecule has 0 N–H and O–H groups in total. The van der Waals surface area contributed by atoms with Crippen LogP contribution < -0.4 is 0 Å². The fourth-order valence-corrected chi connectivity index (χ4v) is 2.80. The Morgan fingerprint density at radius 3 is 2.00 bits per heavy atom. The third kappa shape index (κ3) is 0.801. The average Bonchev–Trinajstić information content (AvgIpc) is 2.09. The maximum atomic E-state index is 5.65. The Morgan fingerprint density at radius 1 is 1.62 bits per heavy atom. The minimum absolute atomic E-state index is 0.460. The summed E-state index contributed by atoms with van der Waals surface area (Å²) in [5.74, 6) is 1.49. The molecule has 1 fully saturated rings. The van der Waals surface area contributed by atoms with Crippen LogP contribution in [0, 0.1) is 11.3 Å². The first-order valence-electron chi connectivity index (χ1n) is 2.80. The first-order valence-corrected chi connectivity index (χ1v) is 4.25. The SMILES string of the molecule is CC1(C)C(Br)C1CCl. The summed E-state index contributed by atoms with van der Waals surface area (Å²) >= 11 is 9.19. The van der Waals surface area contributed by atoms with E-state index in [4.69, 9.17) is 11.6 Å². The van der Waals surface area contributed by atoms with Gasteiger partial charge in [0.25, 0.3) is 0 Å².